The molecule has 3 aromatic rings. The van der Waals surface area contributed by atoms with Gasteiger partial charge in [0.1, 0.15) is 5.76 Å². The average molecular weight is 406 g/mol. The van der Waals surface area contributed by atoms with Gasteiger partial charge in [0.05, 0.1) is 17.2 Å². The highest BCUT2D eigenvalue weighted by Crippen LogP contribution is 2.45. The number of likely N-dealkylation sites (tertiary alicyclic amines) is 2. The van der Waals surface area contributed by atoms with Gasteiger partial charge in [-0.3, -0.25) is 9.59 Å². The lowest BCUT2D eigenvalue weighted by Gasteiger charge is -2.26. The van der Waals surface area contributed by atoms with Crippen molar-refractivity contribution in [1.82, 2.24) is 19.9 Å². The molecule has 2 aliphatic rings. The second kappa shape index (κ2) is 6.83. The van der Waals surface area contributed by atoms with Crippen molar-refractivity contribution in [3.05, 3.63) is 71.3 Å². The molecule has 2 aromatic heterocycles. The number of nitrogens with zero attached hydrogens (tertiary/aromatic N) is 4. The Labute approximate surface area is 173 Å². The largest absolute Gasteiger partial charge is 0.469 e. The number of aromatic nitrogens is 2. The molecule has 0 bridgehead atoms. The van der Waals surface area contributed by atoms with E-state index in [9.17, 15) is 9.59 Å². The van der Waals surface area contributed by atoms with E-state index in [4.69, 9.17) is 8.94 Å². The Balaban J connectivity index is 1.46. The number of aryl methyl sites for hydroxylation is 2. The molecule has 2 aliphatic heterocycles. The number of furan rings is 1. The van der Waals surface area contributed by atoms with Crippen LogP contribution in [0.1, 0.15) is 38.2 Å². The molecular weight excluding hydrogens is 384 g/mol. The van der Waals surface area contributed by atoms with Crippen LogP contribution in [0.25, 0.3) is 0 Å². The van der Waals surface area contributed by atoms with Crippen LogP contribution in [0.2, 0.25) is 0 Å². The Bertz CT molecular complexity index is 1110. The Morgan fingerprint density at radius 1 is 1.03 bits per heavy atom. The zero-order valence-electron chi connectivity index (χ0n) is 16.9. The molecule has 2 saturated heterocycles. The summed E-state index contributed by atoms with van der Waals surface area (Å²) in [5, 5.41) is 3.97. The van der Waals surface area contributed by atoms with Crippen LogP contribution in [0.15, 0.2) is 51.6 Å². The van der Waals surface area contributed by atoms with Gasteiger partial charge in [0.15, 0.2) is 5.82 Å². The van der Waals surface area contributed by atoms with Crippen LogP contribution in [-0.2, 0) is 5.41 Å². The molecule has 1 aromatic carbocycles. The Morgan fingerprint density at radius 2 is 1.73 bits per heavy atom. The standard InChI is InChI=1S/C22H22N4O4/c1-14-18(8-9-29-14)20(28)26-11-17-10-25(19(27)16-6-4-3-5-7-16)12-22(17,13-26)21-23-15(2)24-30-21/h3-9,17H,10-13H2,1-2H3/t17-,22-/m1/s1. The third kappa shape index (κ3) is 2.82. The van der Waals surface area contributed by atoms with Crippen LogP contribution in [0.5, 0.6) is 0 Å². The maximum absolute atomic E-state index is 13.1. The number of benzene rings is 1. The van der Waals surface area contributed by atoms with Gasteiger partial charge in [-0.2, -0.15) is 4.98 Å². The predicted molar refractivity (Wildman–Crippen MR) is 106 cm³/mol. The normalized spacial score (nSPS) is 23.1. The van der Waals surface area contributed by atoms with E-state index < -0.39 is 5.41 Å². The van der Waals surface area contributed by atoms with Crippen LogP contribution in [0.3, 0.4) is 0 Å². The van der Waals surface area contributed by atoms with Gasteiger partial charge in [-0.1, -0.05) is 23.4 Å². The summed E-state index contributed by atoms with van der Waals surface area (Å²) in [5.41, 5.74) is 0.638. The minimum Gasteiger partial charge on any atom is -0.469 e. The van der Waals surface area contributed by atoms with E-state index in [0.717, 1.165) is 0 Å². The molecular formula is C22H22N4O4. The highest BCUT2D eigenvalue weighted by Gasteiger charge is 2.58. The second-order valence-corrected chi connectivity index (χ2v) is 8.13. The number of hydrogen-bond donors (Lipinski definition) is 0. The molecule has 154 valence electrons. The van der Waals surface area contributed by atoms with E-state index in [1.165, 1.54) is 6.26 Å². The topological polar surface area (TPSA) is 92.7 Å². The van der Waals surface area contributed by atoms with Crippen molar-refractivity contribution < 1.29 is 18.5 Å². The lowest BCUT2D eigenvalue weighted by atomic mass is 9.81. The first-order chi connectivity index (χ1) is 14.5. The van der Waals surface area contributed by atoms with Gasteiger partial charge in [-0.05, 0) is 32.0 Å². The zero-order valence-corrected chi connectivity index (χ0v) is 16.9. The van der Waals surface area contributed by atoms with Crippen LogP contribution in [-0.4, -0.2) is 57.9 Å². The fraction of sp³-hybridized carbons (Fsp3) is 0.364. The third-order valence-electron chi connectivity index (χ3n) is 6.25. The summed E-state index contributed by atoms with van der Waals surface area (Å²) in [6.45, 7) is 5.45. The summed E-state index contributed by atoms with van der Waals surface area (Å²) >= 11 is 0. The molecule has 0 radical (unpaired) electrons. The Kier molecular flexibility index (Phi) is 4.23. The molecule has 30 heavy (non-hydrogen) atoms. The number of carbonyl (C=O) groups excluding carboxylic acids is 2. The SMILES string of the molecule is Cc1noc([C@@]23CN(C(=O)c4ccccc4)C[C@@H]2CN(C(=O)c2ccoc2C)C3)n1. The molecule has 0 aliphatic carbocycles. The van der Waals surface area contributed by atoms with Crippen molar-refractivity contribution in [2.45, 2.75) is 19.3 Å². The number of carbonyl (C=O) groups is 2. The van der Waals surface area contributed by atoms with Crippen molar-refractivity contribution in [1.29, 1.82) is 0 Å². The predicted octanol–water partition coefficient (Wildman–Crippen LogP) is 2.45. The van der Waals surface area contributed by atoms with Gasteiger partial charge in [0, 0.05) is 37.7 Å². The molecule has 4 heterocycles. The van der Waals surface area contributed by atoms with Gasteiger partial charge >= 0.3 is 0 Å². The number of fused-ring (bicyclic) bond motifs is 1. The molecule has 0 N–H and O–H groups in total. The molecule has 2 atom stereocenters. The van der Waals surface area contributed by atoms with Crippen molar-refractivity contribution >= 4 is 11.8 Å². The fourth-order valence-corrected chi connectivity index (χ4v) is 4.72. The van der Waals surface area contributed by atoms with Gasteiger partial charge < -0.3 is 18.7 Å². The van der Waals surface area contributed by atoms with Crippen molar-refractivity contribution in [3.63, 3.8) is 0 Å². The van der Waals surface area contributed by atoms with E-state index >= 15 is 0 Å². The Morgan fingerprint density at radius 3 is 2.33 bits per heavy atom. The first kappa shape index (κ1) is 18.6. The zero-order chi connectivity index (χ0) is 20.9. The summed E-state index contributed by atoms with van der Waals surface area (Å²) in [7, 11) is 0. The van der Waals surface area contributed by atoms with Crippen LogP contribution in [0, 0.1) is 19.8 Å². The van der Waals surface area contributed by atoms with Crippen LogP contribution in [0.4, 0.5) is 0 Å². The van der Waals surface area contributed by atoms with Crippen molar-refractivity contribution in [2.75, 3.05) is 26.2 Å². The van der Waals surface area contributed by atoms with E-state index in [1.807, 2.05) is 40.1 Å². The smallest absolute Gasteiger partial charge is 0.257 e. The molecule has 0 spiro atoms. The monoisotopic (exact) mass is 406 g/mol. The minimum atomic E-state index is -0.570. The lowest BCUT2D eigenvalue weighted by Crippen LogP contribution is -2.41. The fourth-order valence-electron chi connectivity index (χ4n) is 4.72. The van der Waals surface area contributed by atoms with Crippen LogP contribution >= 0.6 is 0 Å². The second-order valence-electron chi connectivity index (χ2n) is 8.13. The van der Waals surface area contributed by atoms with E-state index in [2.05, 4.69) is 10.1 Å². The summed E-state index contributed by atoms with van der Waals surface area (Å²) in [5.74, 6) is 1.55. The van der Waals surface area contributed by atoms with Crippen molar-refractivity contribution in [2.24, 2.45) is 5.92 Å². The molecule has 0 unspecified atom stereocenters. The molecule has 0 saturated carbocycles. The van der Waals surface area contributed by atoms with Gasteiger partial charge in [0.2, 0.25) is 5.89 Å². The molecule has 8 heteroatoms. The first-order valence-corrected chi connectivity index (χ1v) is 9.96. The molecule has 2 amide bonds. The maximum atomic E-state index is 13.1. The van der Waals surface area contributed by atoms with Gasteiger partial charge in [0.25, 0.3) is 11.8 Å². The highest BCUT2D eigenvalue weighted by atomic mass is 16.5. The van der Waals surface area contributed by atoms with E-state index in [1.54, 1.807) is 19.9 Å². The summed E-state index contributed by atoms with van der Waals surface area (Å²) in [6.07, 6.45) is 1.52. The third-order valence-corrected chi connectivity index (χ3v) is 6.25. The van der Waals surface area contributed by atoms with Crippen molar-refractivity contribution in [3.8, 4) is 0 Å². The number of hydrogen-bond acceptors (Lipinski definition) is 6. The maximum Gasteiger partial charge on any atom is 0.257 e. The van der Waals surface area contributed by atoms with Gasteiger partial charge in [-0.15, -0.1) is 0 Å². The average Bonchev–Trinajstić information content (AvgIpc) is 3.50. The van der Waals surface area contributed by atoms with E-state index in [-0.39, 0.29) is 17.7 Å². The first-order valence-electron chi connectivity index (χ1n) is 9.96. The minimum absolute atomic E-state index is 0.0150. The summed E-state index contributed by atoms with van der Waals surface area (Å²) in [4.78, 5) is 34.3. The quantitative estimate of drug-likeness (QED) is 0.663. The van der Waals surface area contributed by atoms with E-state index in [0.29, 0.717) is 54.8 Å². The lowest BCUT2D eigenvalue weighted by molar-refractivity contribution is 0.0726. The van der Waals surface area contributed by atoms with Gasteiger partial charge in [-0.25, -0.2) is 0 Å². The molecule has 2 fully saturated rings. The Hall–Kier alpha value is -3.42. The summed E-state index contributed by atoms with van der Waals surface area (Å²) in [6, 6.07) is 10.9. The highest BCUT2D eigenvalue weighted by molar-refractivity contribution is 5.96. The van der Waals surface area contributed by atoms with Crippen LogP contribution < -0.4 is 0 Å². The number of rotatable bonds is 3. The summed E-state index contributed by atoms with van der Waals surface area (Å²) < 4.78 is 10.9. The molecule has 5 rings (SSSR count). The number of amides is 2. The molecule has 8 nitrogen and oxygen atoms in total.